The Balaban J connectivity index is 1.29. The number of aromatic nitrogens is 4. The molecule has 13 heteroatoms. The average molecular weight is 664 g/mol. The van der Waals surface area contributed by atoms with Crippen molar-refractivity contribution in [1.29, 1.82) is 5.41 Å². The fourth-order valence-corrected chi connectivity index (χ4v) is 6.26. The molecule has 0 radical (unpaired) electrons. The fraction of sp³-hybridized carbons (Fsp3) is 0.333. The van der Waals surface area contributed by atoms with Crippen LogP contribution in [0.1, 0.15) is 48.7 Å². The Kier molecular flexibility index (Phi) is 11.2. The van der Waals surface area contributed by atoms with E-state index in [0.717, 1.165) is 54.7 Å². The summed E-state index contributed by atoms with van der Waals surface area (Å²) in [4.78, 5) is 24.7. The number of nitrogens with two attached hydrogens (primary N) is 2. The van der Waals surface area contributed by atoms with Crippen molar-refractivity contribution in [3.63, 3.8) is 0 Å². The molecule has 10 nitrogen and oxygen atoms in total. The summed E-state index contributed by atoms with van der Waals surface area (Å²) in [6, 6.07) is 13.2. The Morgan fingerprint density at radius 1 is 1.15 bits per heavy atom. The summed E-state index contributed by atoms with van der Waals surface area (Å²) >= 11 is 7.90. The number of thiazole rings is 1. The van der Waals surface area contributed by atoms with Gasteiger partial charge in [0.15, 0.2) is 11.8 Å². The Morgan fingerprint density at radius 3 is 2.67 bits per heavy atom. The summed E-state index contributed by atoms with van der Waals surface area (Å²) in [5.74, 6) is -0.563. The highest BCUT2D eigenvalue weighted by atomic mass is 35.5. The molecule has 0 bridgehead atoms. The van der Waals surface area contributed by atoms with E-state index < -0.39 is 11.5 Å². The van der Waals surface area contributed by atoms with Crippen molar-refractivity contribution in [2.45, 2.75) is 64.1 Å². The third-order valence-corrected chi connectivity index (χ3v) is 8.93. The van der Waals surface area contributed by atoms with Crippen LogP contribution < -0.4 is 27.8 Å². The quantitative estimate of drug-likeness (QED) is 0.0657. The zero-order valence-electron chi connectivity index (χ0n) is 25.7. The number of hydrogen-bond donors (Lipinski definition) is 6. The first-order valence-electron chi connectivity index (χ1n) is 15.3. The second-order valence-electron chi connectivity index (χ2n) is 11.5. The molecule has 5 aromatic rings. The normalized spacial score (nSPS) is 12.8. The number of hydrogen-bond acceptors (Lipinski definition) is 7. The molecule has 0 aliphatic carbocycles. The third-order valence-electron chi connectivity index (χ3n) is 7.82. The molecule has 0 unspecified atom stereocenters. The molecule has 0 aliphatic rings. The predicted octanol–water partition coefficient (Wildman–Crippen LogP) is 5.26. The SMILES string of the molecule is C[C@H](N)CCCc1cc(Cl)c(F)c(-c2cc3cn(-c4ccc(CN[C@@H](CCNC(=N)N)CCc5nccs5)cc4)c(=O)nc3[nH]2)c1. The van der Waals surface area contributed by atoms with Crippen molar-refractivity contribution in [2.75, 3.05) is 6.54 Å². The number of fused-ring (bicyclic) bond motifs is 1. The minimum Gasteiger partial charge on any atom is -0.370 e. The van der Waals surface area contributed by atoms with Crippen LogP contribution in [0.5, 0.6) is 0 Å². The van der Waals surface area contributed by atoms with Gasteiger partial charge in [-0.3, -0.25) is 9.98 Å². The van der Waals surface area contributed by atoms with E-state index in [1.54, 1.807) is 35.7 Å². The molecule has 0 fully saturated rings. The Hall–Kier alpha value is -4.10. The van der Waals surface area contributed by atoms with Crippen molar-refractivity contribution in [2.24, 2.45) is 11.5 Å². The standard InChI is InChI=1S/C33H39ClFN9OS/c1-20(36)3-2-4-22-15-26(30(35)27(34)16-22)28-17-23-19-44(33(45)43-31(23)42-28)25-8-5-21(6-9-25)18-41-24(11-12-40-32(37)38)7-10-29-39-13-14-46-29/h5-6,8-9,13-17,19-20,24,41H,2-4,7,10-12,18,36H2,1H3,(H4,37,38,40)(H,42,43,45)/t20-,24+/m0/s1. The topological polar surface area (TPSA) is 164 Å². The predicted molar refractivity (Wildman–Crippen MR) is 184 cm³/mol. The first-order valence-corrected chi connectivity index (χ1v) is 16.6. The first kappa shape index (κ1) is 33.3. The van der Waals surface area contributed by atoms with Crippen LogP contribution >= 0.6 is 22.9 Å². The zero-order valence-corrected chi connectivity index (χ0v) is 27.2. The summed E-state index contributed by atoms with van der Waals surface area (Å²) in [6.45, 7) is 3.20. The zero-order chi connectivity index (χ0) is 32.6. The van der Waals surface area contributed by atoms with Gasteiger partial charge in [-0.05, 0) is 80.5 Å². The molecule has 0 aliphatic heterocycles. The molecule has 0 saturated heterocycles. The Morgan fingerprint density at radius 2 is 1.96 bits per heavy atom. The van der Waals surface area contributed by atoms with Crippen molar-refractivity contribution in [3.05, 3.63) is 97.7 Å². The molecule has 2 aromatic carbocycles. The maximum Gasteiger partial charge on any atom is 0.354 e. The highest BCUT2D eigenvalue weighted by Crippen LogP contribution is 2.31. The van der Waals surface area contributed by atoms with Gasteiger partial charge >= 0.3 is 5.69 Å². The molecule has 0 amide bonds. The largest absolute Gasteiger partial charge is 0.370 e. The van der Waals surface area contributed by atoms with Crippen LogP contribution in [0.3, 0.4) is 0 Å². The van der Waals surface area contributed by atoms with E-state index in [2.05, 4.69) is 25.6 Å². The molecule has 5 rings (SSSR count). The number of nitrogens with one attached hydrogen (secondary N) is 4. The van der Waals surface area contributed by atoms with Gasteiger partial charge in [0, 0.05) is 60.3 Å². The number of benzene rings is 2. The number of halogens is 2. The third kappa shape index (κ3) is 8.79. The van der Waals surface area contributed by atoms with Gasteiger partial charge in [-0.25, -0.2) is 14.2 Å². The maximum absolute atomic E-state index is 15.1. The Bertz CT molecular complexity index is 1820. The summed E-state index contributed by atoms with van der Waals surface area (Å²) in [7, 11) is 0. The molecular weight excluding hydrogens is 625 g/mol. The van der Waals surface area contributed by atoms with E-state index in [9.17, 15) is 4.79 Å². The first-order chi connectivity index (χ1) is 22.2. The van der Waals surface area contributed by atoms with Crippen LogP contribution in [0.4, 0.5) is 4.39 Å². The van der Waals surface area contributed by atoms with Gasteiger partial charge in [0.1, 0.15) is 5.65 Å². The lowest BCUT2D eigenvalue weighted by molar-refractivity contribution is 0.449. The van der Waals surface area contributed by atoms with Gasteiger partial charge in [-0.15, -0.1) is 11.3 Å². The van der Waals surface area contributed by atoms with Crippen molar-refractivity contribution >= 4 is 39.9 Å². The summed E-state index contributed by atoms with van der Waals surface area (Å²) in [6.07, 6.45) is 8.56. The van der Waals surface area contributed by atoms with Crippen LogP contribution in [-0.2, 0) is 19.4 Å². The van der Waals surface area contributed by atoms with E-state index in [0.29, 0.717) is 41.1 Å². The van der Waals surface area contributed by atoms with E-state index in [4.69, 9.17) is 28.5 Å². The van der Waals surface area contributed by atoms with Gasteiger partial charge in [-0.1, -0.05) is 23.7 Å². The van der Waals surface area contributed by atoms with E-state index >= 15 is 4.39 Å². The van der Waals surface area contributed by atoms with Gasteiger partial charge in [0.25, 0.3) is 0 Å². The highest BCUT2D eigenvalue weighted by Gasteiger charge is 2.16. The Labute approximate surface area is 275 Å². The minimum absolute atomic E-state index is 0.0393. The lowest BCUT2D eigenvalue weighted by Crippen LogP contribution is -2.36. The number of rotatable bonds is 15. The number of aryl methyl sites for hydroxylation is 2. The second-order valence-corrected chi connectivity index (χ2v) is 12.9. The summed E-state index contributed by atoms with van der Waals surface area (Å²) in [5.41, 5.74) is 14.7. The van der Waals surface area contributed by atoms with Gasteiger partial charge in [-0.2, -0.15) is 4.98 Å². The molecule has 46 heavy (non-hydrogen) atoms. The van der Waals surface area contributed by atoms with Crippen molar-refractivity contribution in [3.8, 4) is 16.9 Å². The number of guanidine groups is 1. The lowest BCUT2D eigenvalue weighted by Gasteiger charge is -2.19. The molecule has 8 N–H and O–H groups in total. The van der Waals surface area contributed by atoms with Crippen molar-refractivity contribution in [1.82, 2.24) is 30.2 Å². The highest BCUT2D eigenvalue weighted by molar-refractivity contribution is 7.09. The molecule has 0 spiro atoms. The number of H-pyrrole nitrogens is 1. The van der Waals surface area contributed by atoms with Crippen LogP contribution in [0.2, 0.25) is 5.02 Å². The van der Waals surface area contributed by atoms with Crippen LogP contribution in [0, 0.1) is 11.2 Å². The monoisotopic (exact) mass is 663 g/mol. The van der Waals surface area contributed by atoms with Crippen LogP contribution in [0.15, 0.2) is 65.0 Å². The molecule has 0 saturated carbocycles. The smallest absolute Gasteiger partial charge is 0.354 e. The number of aromatic amines is 1. The second kappa shape index (κ2) is 15.5. The maximum atomic E-state index is 15.1. The number of nitrogens with zero attached hydrogens (tertiary/aromatic N) is 3. The molecule has 2 atom stereocenters. The van der Waals surface area contributed by atoms with E-state index in [-0.39, 0.29) is 23.1 Å². The lowest BCUT2D eigenvalue weighted by atomic mass is 10.0. The van der Waals surface area contributed by atoms with Crippen LogP contribution in [-0.4, -0.2) is 44.1 Å². The minimum atomic E-state index is -0.524. The van der Waals surface area contributed by atoms with E-state index in [1.165, 1.54) is 4.57 Å². The van der Waals surface area contributed by atoms with E-state index in [1.807, 2.05) is 42.8 Å². The summed E-state index contributed by atoms with van der Waals surface area (Å²) in [5, 5.41) is 17.7. The molecule has 242 valence electrons. The van der Waals surface area contributed by atoms with Gasteiger partial charge in [0.2, 0.25) is 0 Å². The van der Waals surface area contributed by atoms with Crippen molar-refractivity contribution < 1.29 is 4.39 Å². The average Bonchev–Trinajstić information content (AvgIpc) is 3.69. The summed E-state index contributed by atoms with van der Waals surface area (Å²) < 4.78 is 16.6. The molecular formula is C33H39ClFN9OS. The van der Waals surface area contributed by atoms with Gasteiger partial charge in [0.05, 0.1) is 21.4 Å². The molecule has 3 aromatic heterocycles. The van der Waals surface area contributed by atoms with Crippen LogP contribution in [0.25, 0.3) is 28.0 Å². The molecule has 3 heterocycles. The van der Waals surface area contributed by atoms with Gasteiger partial charge < -0.3 is 27.1 Å². The fourth-order valence-electron chi connectivity index (χ4n) is 5.38.